The van der Waals surface area contributed by atoms with Gasteiger partial charge in [0.1, 0.15) is 0 Å². The van der Waals surface area contributed by atoms with Gasteiger partial charge in [-0.2, -0.15) is 0 Å². The maximum atomic E-state index is 12.9. The predicted octanol–water partition coefficient (Wildman–Crippen LogP) is 5.47. The molecule has 0 N–H and O–H groups in total. The summed E-state index contributed by atoms with van der Waals surface area (Å²) in [5.41, 5.74) is 1.02. The van der Waals surface area contributed by atoms with E-state index in [-0.39, 0.29) is 4.90 Å². The van der Waals surface area contributed by atoms with E-state index in [4.69, 9.17) is 2.51 Å². The van der Waals surface area contributed by atoms with Crippen molar-refractivity contribution >= 4 is 54.3 Å². The van der Waals surface area contributed by atoms with Crippen molar-refractivity contribution < 1.29 is 10.9 Å². The van der Waals surface area contributed by atoms with Crippen LogP contribution < -0.4 is 4.50 Å². The number of thiophene rings is 1. The standard InChI is InChI=1S/C20H23IO3S2Si/c1-16-10-12-18(13-11-16)26(22,23)24-21(17-8-6-5-7-9-17)19-14-15-20(25-19)27(2,3)4/h5-15H,1-4H3. The fourth-order valence-corrected chi connectivity index (χ4v) is 14.3. The van der Waals surface area contributed by atoms with Gasteiger partial charge in [-0.25, -0.2) is 0 Å². The Bertz CT molecular complexity index is 1010. The summed E-state index contributed by atoms with van der Waals surface area (Å²) < 4.78 is 35.2. The molecular formula is C20H23IO3S2Si. The van der Waals surface area contributed by atoms with Gasteiger partial charge in [0.2, 0.25) is 0 Å². The molecule has 1 heterocycles. The molecule has 0 atom stereocenters. The average Bonchev–Trinajstić information content (AvgIpc) is 3.11. The van der Waals surface area contributed by atoms with Gasteiger partial charge in [-0.1, -0.05) is 0 Å². The molecule has 0 unspecified atom stereocenters. The van der Waals surface area contributed by atoms with Gasteiger partial charge in [-0.15, -0.1) is 0 Å². The van der Waals surface area contributed by atoms with E-state index < -0.39 is 38.4 Å². The third-order valence-electron chi connectivity index (χ3n) is 3.87. The molecule has 0 bridgehead atoms. The number of benzene rings is 2. The van der Waals surface area contributed by atoms with Crippen molar-refractivity contribution in [3.63, 3.8) is 0 Å². The van der Waals surface area contributed by atoms with Crippen LogP contribution >= 0.6 is 31.6 Å². The average molecular weight is 531 g/mol. The Morgan fingerprint density at radius 1 is 0.889 bits per heavy atom. The van der Waals surface area contributed by atoms with Crippen LogP contribution in [-0.4, -0.2) is 16.5 Å². The molecule has 3 rings (SSSR count). The minimum atomic E-state index is -3.81. The van der Waals surface area contributed by atoms with Crippen LogP contribution in [0.25, 0.3) is 0 Å². The van der Waals surface area contributed by atoms with Gasteiger partial charge < -0.3 is 0 Å². The van der Waals surface area contributed by atoms with Gasteiger partial charge >= 0.3 is 175 Å². The zero-order chi connectivity index (χ0) is 19.7. The molecule has 0 amide bonds. The van der Waals surface area contributed by atoms with Gasteiger partial charge in [0.05, 0.1) is 0 Å². The Morgan fingerprint density at radius 2 is 1.52 bits per heavy atom. The van der Waals surface area contributed by atoms with Gasteiger partial charge in [-0.3, -0.25) is 0 Å². The summed E-state index contributed by atoms with van der Waals surface area (Å²) in [5, 5.41) is 0. The number of aryl methyl sites for hydroxylation is 1. The van der Waals surface area contributed by atoms with Crippen LogP contribution in [0.15, 0.2) is 71.6 Å². The first-order valence-corrected chi connectivity index (χ1v) is 17.3. The summed E-state index contributed by atoms with van der Waals surface area (Å²) in [4.78, 5) is 0.216. The van der Waals surface area contributed by atoms with E-state index >= 15 is 0 Å². The van der Waals surface area contributed by atoms with E-state index in [1.54, 1.807) is 35.6 Å². The molecule has 0 aliphatic heterocycles. The van der Waals surface area contributed by atoms with E-state index in [1.807, 2.05) is 37.3 Å². The van der Waals surface area contributed by atoms with Crippen molar-refractivity contribution in [1.29, 1.82) is 0 Å². The molecule has 27 heavy (non-hydrogen) atoms. The van der Waals surface area contributed by atoms with Crippen LogP contribution in [0.3, 0.4) is 0 Å². The Labute approximate surface area is 174 Å². The molecular weight excluding hydrogens is 507 g/mol. The Hall–Kier alpha value is -1.00. The normalized spacial score (nSPS) is 12.8. The van der Waals surface area contributed by atoms with Crippen LogP contribution in [0.2, 0.25) is 19.6 Å². The second-order valence-electron chi connectivity index (χ2n) is 7.23. The van der Waals surface area contributed by atoms with Crippen molar-refractivity contribution in [3.8, 4) is 0 Å². The predicted molar refractivity (Wildman–Crippen MR) is 125 cm³/mol. The first kappa shape index (κ1) is 20.7. The van der Waals surface area contributed by atoms with Crippen molar-refractivity contribution in [2.75, 3.05) is 0 Å². The summed E-state index contributed by atoms with van der Waals surface area (Å²) in [5.74, 6) is 0. The van der Waals surface area contributed by atoms with E-state index in [0.717, 1.165) is 12.0 Å². The number of halogens is 1. The number of hydrogen-bond acceptors (Lipinski definition) is 4. The SMILES string of the molecule is Cc1ccc(S(=O)(=O)OI(c2ccccc2)c2ccc([Si](C)(C)C)s2)cc1. The summed E-state index contributed by atoms with van der Waals surface area (Å²) in [7, 11) is -5.26. The Kier molecular flexibility index (Phi) is 6.26. The molecule has 0 saturated heterocycles. The van der Waals surface area contributed by atoms with E-state index in [2.05, 4.69) is 31.8 Å². The van der Waals surface area contributed by atoms with Crippen molar-refractivity contribution in [3.05, 3.63) is 78.7 Å². The van der Waals surface area contributed by atoms with Crippen molar-refractivity contribution in [2.45, 2.75) is 31.5 Å². The number of rotatable bonds is 6. The summed E-state index contributed by atoms with van der Waals surface area (Å²) in [6.45, 7) is 8.83. The monoisotopic (exact) mass is 530 g/mol. The maximum absolute atomic E-state index is 12.9. The molecule has 0 aliphatic rings. The van der Waals surface area contributed by atoms with Crippen LogP contribution in [0.1, 0.15) is 5.56 Å². The van der Waals surface area contributed by atoms with Crippen LogP contribution in [0, 0.1) is 13.4 Å². The number of hydrogen-bond donors (Lipinski definition) is 0. The van der Waals surface area contributed by atoms with Crippen LogP contribution in [0.4, 0.5) is 0 Å². The third kappa shape index (κ3) is 5.08. The molecule has 1 aromatic heterocycles. The Morgan fingerprint density at radius 3 is 2.07 bits per heavy atom. The third-order valence-corrected chi connectivity index (χ3v) is 16.8. The van der Waals surface area contributed by atoms with Gasteiger partial charge in [-0.05, 0) is 0 Å². The Balaban J connectivity index is 2.01. The van der Waals surface area contributed by atoms with Crippen LogP contribution in [-0.2, 0) is 12.6 Å². The van der Waals surface area contributed by atoms with Crippen molar-refractivity contribution in [2.24, 2.45) is 0 Å². The van der Waals surface area contributed by atoms with Crippen molar-refractivity contribution in [1.82, 2.24) is 0 Å². The quantitative estimate of drug-likeness (QED) is 0.314. The first-order chi connectivity index (χ1) is 12.7. The second kappa shape index (κ2) is 8.16. The molecule has 0 spiro atoms. The topological polar surface area (TPSA) is 43.4 Å². The van der Waals surface area contributed by atoms with Crippen LogP contribution in [0.5, 0.6) is 0 Å². The molecule has 0 fully saturated rings. The molecule has 3 aromatic rings. The zero-order valence-electron chi connectivity index (χ0n) is 15.8. The molecule has 3 nitrogen and oxygen atoms in total. The minimum absolute atomic E-state index is 0.216. The van der Waals surface area contributed by atoms with E-state index in [1.165, 1.54) is 4.50 Å². The van der Waals surface area contributed by atoms with E-state index in [0.29, 0.717) is 0 Å². The molecule has 0 saturated carbocycles. The molecule has 2 aromatic carbocycles. The summed E-state index contributed by atoms with van der Waals surface area (Å²) >= 11 is -0.852. The van der Waals surface area contributed by atoms with Gasteiger partial charge in [0.25, 0.3) is 0 Å². The summed E-state index contributed by atoms with van der Waals surface area (Å²) in [6.07, 6.45) is 0. The zero-order valence-corrected chi connectivity index (χ0v) is 20.6. The molecule has 144 valence electrons. The summed E-state index contributed by atoms with van der Waals surface area (Å²) in [6, 6.07) is 20.8. The molecule has 0 radical (unpaired) electrons. The first-order valence-electron chi connectivity index (χ1n) is 8.54. The van der Waals surface area contributed by atoms with Gasteiger partial charge in [0, 0.05) is 0 Å². The van der Waals surface area contributed by atoms with Gasteiger partial charge in [0.15, 0.2) is 0 Å². The van der Waals surface area contributed by atoms with E-state index in [9.17, 15) is 8.42 Å². The molecule has 0 aliphatic carbocycles. The fraction of sp³-hybridized carbons (Fsp3) is 0.200. The fourth-order valence-electron chi connectivity index (χ4n) is 2.34. The second-order valence-corrected chi connectivity index (χ2v) is 20.9. The molecule has 7 heteroatoms.